The Kier molecular flexibility index (Phi) is 7.17. The molecule has 0 atom stereocenters. The summed E-state index contributed by atoms with van der Waals surface area (Å²) in [5, 5.41) is 9.24. The summed E-state index contributed by atoms with van der Waals surface area (Å²) in [6, 6.07) is 4.32. The second-order valence-electron chi connectivity index (χ2n) is 4.01. The Balaban J connectivity index is 2.64. The first-order chi connectivity index (χ1) is 9.01. The van der Waals surface area contributed by atoms with Gasteiger partial charge in [0.2, 0.25) is 10.0 Å². The van der Waals surface area contributed by atoms with Crippen LogP contribution in [-0.2, 0) is 16.6 Å². The quantitative estimate of drug-likeness (QED) is 0.720. The molecular weight excluding hydrogens is 306 g/mol. The molecular formula is C12H18ClNO3S2. The molecule has 0 aliphatic rings. The predicted molar refractivity (Wildman–Crippen MR) is 80.2 cm³/mol. The molecule has 0 aliphatic carbocycles. The van der Waals surface area contributed by atoms with Gasteiger partial charge in [0, 0.05) is 11.6 Å². The molecule has 19 heavy (non-hydrogen) atoms. The van der Waals surface area contributed by atoms with Gasteiger partial charge in [-0.25, -0.2) is 13.1 Å². The van der Waals surface area contributed by atoms with Crippen LogP contribution in [0.25, 0.3) is 0 Å². The second kappa shape index (κ2) is 8.11. The number of sulfonamides is 1. The number of thioether (sulfide) groups is 1. The molecule has 1 aromatic carbocycles. The molecule has 4 nitrogen and oxygen atoms in total. The van der Waals surface area contributed by atoms with E-state index < -0.39 is 10.0 Å². The highest BCUT2D eigenvalue weighted by molar-refractivity contribution is 7.98. The van der Waals surface area contributed by atoms with Crippen molar-refractivity contribution in [1.82, 2.24) is 4.72 Å². The molecule has 0 bridgehead atoms. The summed E-state index contributed by atoms with van der Waals surface area (Å²) >= 11 is 7.63. The molecule has 0 unspecified atom stereocenters. The summed E-state index contributed by atoms with van der Waals surface area (Å²) in [5.74, 6) is 1.03. The number of hydrogen-bond acceptors (Lipinski definition) is 4. The van der Waals surface area contributed by atoms with Crippen LogP contribution in [0.1, 0.15) is 18.4 Å². The van der Waals surface area contributed by atoms with Crippen molar-refractivity contribution in [2.24, 2.45) is 0 Å². The largest absolute Gasteiger partial charge is 0.392 e. The minimum absolute atomic E-state index is 0.125. The number of rotatable bonds is 8. The number of unbranched alkanes of at least 4 members (excludes halogenated alkanes) is 1. The molecule has 2 N–H and O–H groups in total. The highest BCUT2D eigenvalue weighted by Crippen LogP contribution is 2.20. The van der Waals surface area contributed by atoms with E-state index in [1.165, 1.54) is 18.2 Å². The molecule has 0 amide bonds. The summed E-state index contributed by atoms with van der Waals surface area (Å²) in [6.07, 6.45) is 3.81. The van der Waals surface area contributed by atoms with Crippen molar-refractivity contribution in [2.45, 2.75) is 24.3 Å². The third-order valence-electron chi connectivity index (χ3n) is 2.57. The smallest absolute Gasteiger partial charge is 0.240 e. The van der Waals surface area contributed by atoms with Gasteiger partial charge in [-0.3, -0.25) is 0 Å². The molecule has 0 spiro atoms. The van der Waals surface area contributed by atoms with Gasteiger partial charge in [0.1, 0.15) is 0 Å². The summed E-state index contributed by atoms with van der Waals surface area (Å²) in [5.41, 5.74) is 0.514. The van der Waals surface area contributed by atoms with Crippen molar-refractivity contribution >= 4 is 33.4 Å². The van der Waals surface area contributed by atoms with Crippen molar-refractivity contribution < 1.29 is 13.5 Å². The first-order valence-electron chi connectivity index (χ1n) is 5.89. The fourth-order valence-electron chi connectivity index (χ4n) is 1.48. The van der Waals surface area contributed by atoms with E-state index in [9.17, 15) is 8.42 Å². The maximum Gasteiger partial charge on any atom is 0.240 e. The van der Waals surface area contributed by atoms with E-state index in [1.54, 1.807) is 11.8 Å². The second-order valence-corrected chi connectivity index (χ2v) is 7.17. The van der Waals surface area contributed by atoms with E-state index in [1.807, 2.05) is 6.26 Å². The van der Waals surface area contributed by atoms with E-state index in [0.29, 0.717) is 12.1 Å². The normalized spacial score (nSPS) is 11.7. The fraction of sp³-hybridized carbons (Fsp3) is 0.500. The molecule has 0 radical (unpaired) electrons. The van der Waals surface area contributed by atoms with Crippen LogP contribution in [0.4, 0.5) is 0 Å². The van der Waals surface area contributed by atoms with E-state index in [2.05, 4.69) is 4.72 Å². The highest BCUT2D eigenvalue weighted by Gasteiger charge is 2.14. The average Bonchev–Trinajstić information content (AvgIpc) is 2.38. The summed E-state index contributed by atoms with van der Waals surface area (Å²) in [7, 11) is -3.52. The van der Waals surface area contributed by atoms with Gasteiger partial charge < -0.3 is 5.11 Å². The Morgan fingerprint density at radius 2 is 2.11 bits per heavy atom. The molecule has 108 valence electrons. The zero-order valence-corrected chi connectivity index (χ0v) is 13.1. The van der Waals surface area contributed by atoms with Gasteiger partial charge in [-0.05, 0) is 42.5 Å². The van der Waals surface area contributed by atoms with Crippen LogP contribution in [-0.4, -0.2) is 32.1 Å². The summed E-state index contributed by atoms with van der Waals surface area (Å²) in [4.78, 5) is 0.125. The van der Waals surface area contributed by atoms with Crippen molar-refractivity contribution in [2.75, 3.05) is 18.6 Å². The molecule has 0 aromatic heterocycles. The number of halogens is 1. The van der Waals surface area contributed by atoms with Gasteiger partial charge in [-0.1, -0.05) is 17.7 Å². The zero-order chi connectivity index (χ0) is 14.3. The van der Waals surface area contributed by atoms with E-state index >= 15 is 0 Å². The van der Waals surface area contributed by atoms with Crippen LogP contribution >= 0.6 is 23.4 Å². The van der Waals surface area contributed by atoms with Gasteiger partial charge in [-0.2, -0.15) is 11.8 Å². The van der Waals surface area contributed by atoms with E-state index in [-0.39, 0.29) is 16.5 Å². The number of aliphatic hydroxyl groups excluding tert-OH is 1. The van der Waals surface area contributed by atoms with Crippen molar-refractivity contribution in [3.63, 3.8) is 0 Å². The molecule has 0 fully saturated rings. The number of aliphatic hydroxyl groups is 1. The maximum atomic E-state index is 12.0. The van der Waals surface area contributed by atoms with Crippen LogP contribution in [0.2, 0.25) is 5.02 Å². The maximum absolute atomic E-state index is 12.0. The van der Waals surface area contributed by atoms with Gasteiger partial charge in [0.05, 0.1) is 11.5 Å². The molecule has 7 heteroatoms. The lowest BCUT2D eigenvalue weighted by Crippen LogP contribution is -2.25. The number of benzene rings is 1. The predicted octanol–water partition coefficient (Wildman–Crippen LogP) is 2.25. The number of nitrogens with one attached hydrogen (secondary N) is 1. The summed E-state index contributed by atoms with van der Waals surface area (Å²) in [6.45, 7) is 0.212. The van der Waals surface area contributed by atoms with Crippen molar-refractivity contribution in [3.8, 4) is 0 Å². The van der Waals surface area contributed by atoms with E-state index in [4.69, 9.17) is 16.7 Å². The lowest BCUT2D eigenvalue weighted by molar-refractivity contribution is 0.282. The van der Waals surface area contributed by atoms with E-state index in [0.717, 1.165) is 18.6 Å². The van der Waals surface area contributed by atoms with Crippen molar-refractivity contribution in [3.05, 3.63) is 28.8 Å². The third kappa shape index (κ3) is 5.31. The average molecular weight is 324 g/mol. The first kappa shape index (κ1) is 16.8. The SMILES string of the molecule is CSCCCCNS(=O)(=O)c1ccc(CO)c(Cl)c1. The van der Waals surface area contributed by atoms with Crippen molar-refractivity contribution in [1.29, 1.82) is 0 Å². The standard InChI is InChI=1S/C12H18ClNO3S2/c1-18-7-3-2-6-14-19(16,17)11-5-4-10(9-15)12(13)8-11/h4-5,8,14-15H,2-3,6-7,9H2,1H3. The molecule has 0 heterocycles. The molecule has 0 saturated carbocycles. The first-order valence-corrected chi connectivity index (χ1v) is 9.14. The lowest BCUT2D eigenvalue weighted by atomic mass is 10.2. The van der Waals surface area contributed by atoms with Crippen LogP contribution in [0.15, 0.2) is 23.1 Å². The lowest BCUT2D eigenvalue weighted by Gasteiger charge is -2.08. The third-order valence-corrected chi connectivity index (χ3v) is 5.08. The van der Waals surface area contributed by atoms with Gasteiger partial charge in [0.15, 0.2) is 0 Å². The zero-order valence-electron chi connectivity index (χ0n) is 10.7. The van der Waals surface area contributed by atoms with Gasteiger partial charge >= 0.3 is 0 Å². The van der Waals surface area contributed by atoms with Crippen LogP contribution in [0, 0.1) is 0 Å². The van der Waals surface area contributed by atoms with Crippen LogP contribution < -0.4 is 4.72 Å². The van der Waals surface area contributed by atoms with Gasteiger partial charge in [0.25, 0.3) is 0 Å². The topological polar surface area (TPSA) is 66.4 Å². The molecule has 1 rings (SSSR count). The summed E-state index contributed by atoms with van der Waals surface area (Å²) < 4.78 is 26.5. The minimum atomic E-state index is -3.52. The Hall–Kier alpha value is -0.270. The Morgan fingerprint density at radius 1 is 1.37 bits per heavy atom. The molecule has 0 aliphatic heterocycles. The number of hydrogen-bond donors (Lipinski definition) is 2. The highest BCUT2D eigenvalue weighted by atomic mass is 35.5. The fourth-order valence-corrected chi connectivity index (χ4v) is 3.38. The monoisotopic (exact) mass is 323 g/mol. The Labute approximate surface area is 123 Å². The van der Waals surface area contributed by atoms with Crippen LogP contribution in [0.5, 0.6) is 0 Å². The van der Waals surface area contributed by atoms with Gasteiger partial charge in [-0.15, -0.1) is 0 Å². The minimum Gasteiger partial charge on any atom is -0.392 e. The van der Waals surface area contributed by atoms with Crippen LogP contribution in [0.3, 0.4) is 0 Å². The Bertz CT molecular complexity index is 506. The molecule has 0 saturated heterocycles. The Morgan fingerprint density at radius 3 is 2.68 bits per heavy atom. The molecule has 1 aromatic rings.